The van der Waals surface area contributed by atoms with Gasteiger partial charge in [-0.15, -0.1) is 6.58 Å². The fraction of sp³-hybridized carbons (Fsp3) is 0.353. The van der Waals surface area contributed by atoms with Crippen molar-refractivity contribution in [3.8, 4) is 0 Å². The molecule has 0 unspecified atom stereocenters. The number of carbonyl (C=O) groups excluding carboxylic acids is 1. The van der Waals surface area contributed by atoms with Crippen LogP contribution in [0, 0.1) is 0 Å². The van der Waals surface area contributed by atoms with Gasteiger partial charge in [0.2, 0.25) is 5.91 Å². The number of para-hydroxylation sites is 1. The standard InChI is InChI=1S/C17H21N3O2S/c1-5-10-18-15(21)12(4)23-17-19-14-9-7-6-8-13(14)16(22)20(17)11(2)3/h5-9,11-12H,1,10H2,2-4H3,(H,18,21)/t12-/m1/s1. The number of fused-ring (bicyclic) bond motifs is 1. The molecule has 122 valence electrons. The molecular formula is C17H21N3O2S. The van der Waals surface area contributed by atoms with Crippen molar-refractivity contribution >= 4 is 28.6 Å². The van der Waals surface area contributed by atoms with E-state index in [9.17, 15) is 9.59 Å². The summed E-state index contributed by atoms with van der Waals surface area (Å²) in [6.45, 7) is 9.67. The lowest BCUT2D eigenvalue weighted by molar-refractivity contribution is -0.120. The first-order valence-corrected chi connectivity index (χ1v) is 8.40. The second-order valence-corrected chi connectivity index (χ2v) is 6.78. The quantitative estimate of drug-likeness (QED) is 0.502. The molecule has 1 heterocycles. The Morgan fingerprint density at radius 3 is 2.74 bits per heavy atom. The van der Waals surface area contributed by atoms with Gasteiger partial charge in [0, 0.05) is 12.6 Å². The first kappa shape index (κ1) is 17.3. The fourth-order valence-corrected chi connectivity index (χ4v) is 3.26. The number of carbonyl (C=O) groups is 1. The number of benzene rings is 1. The van der Waals surface area contributed by atoms with Crippen molar-refractivity contribution in [2.45, 2.75) is 37.2 Å². The minimum Gasteiger partial charge on any atom is -0.352 e. The van der Waals surface area contributed by atoms with Crippen LogP contribution >= 0.6 is 11.8 Å². The number of nitrogens with one attached hydrogen (secondary N) is 1. The normalized spacial score (nSPS) is 12.3. The summed E-state index contributed by atoms with van der Waals surface area (Å²) in [6.07, 6.45) is 1.63. The summed E-state index contributed by atoms with van der Waals surface area (Å²) in [5.74, 6) is -0.104. The van der Waals surface area contributed by atoms with Crippen molar-refractivity contribution in [1.29, 1.82) is 0 Å². The van der Waals surface area contributed by atoms with Crippen molar-refractivity contribution in [2.75, 3.05) is 6.54 Å². The Labute approximate surface area is 139 Å². The molecule has 0 fully saturated rings. The Bertz CT molecular complexity index is 783. The molecule has 1 aromatic carbocycles. The summed E-state index contributed by atoms with van der Waals surface area (Å²) in [7, 11) is 0. The lowest BCUT2D eigenvalue weighted by Gasteiger charge is -2.18. The summed E-state index contributed by atoms with van der Waals surface area (Å²) >= 11 is 1.29. The number of thioether (sulfide) groups is 1. The van der Waals surface area contributed by atoms with Crippen molar-refractivity contribution in [1.82, 2.24) is 14.9 Å². The monoisotopic (exact) mass is 331 g/mol. The lowest BCUT2D eigenvalue weighted by Crippen LogP contribution is -2.32. The minimum absolute atomic E-state index is 0.0365. The van der Waals surface area contributed by atoms with E-state index < -0.39 is 0 Å². The fourth-order valence-electron chi connectivity index (χ4n) is 2.19. The Balaban J connectivity index is 2.43. The third kappa shape index (κ3) is 3.82. The van der Waals surface area contributed by atoms with Crippen LogP contribution in [0.15, 0.2) is 46.9 Å². The highest BCUT2D eigenvalue weighted by molar-refractivity contribution is 8.00. The highest BCUT2D eigenvalue weighted by Crippen LogP contribution is 2.24. The summed E-state index contributed by atoms with van der Waals surface area (Å²) in [5, 5.41) is 3.56. The number of amides is 1. The Hall–Kier alpha value is -2.08. The molecule has 0 spiro atoms. The van der Waals surface area contributed by atoms with Gasteiger partial charge < -0.3 is 5.32 Å². The minimum atomic E-state index is -0.354. The molecule has 2 aromatic rings. The second-order valence-electron chi connectivity index (χ2n) is 5.47. The van der Waals surface area contributed by atoms with E-state index in [0.29, 0.717) is 22.6 Å². The molecule has 0 saturated heterocycles. The molecule has 0 bridgehead atoms. The molecule has 2 rings (SSSR count). The zero-order valence-corrected chi connectivity index (χ0v) is 14.4. The molecule has 5 nitrogen and oxygen atoms in total. The van der Waals surface area contributed by atoms with Gasteiger partial charge in [0.05, 0.1) is 16.2 Å². The highest BCUT2D eigenvalue weighted by Gasteiger charge is 2.20. The van der Waals surface area contributed by atoms with E-state index in [2.05, 4.69) is 16.9 Å². The van der Waals surface area contributed by atoms with E-state index in [1.165, 1.54) is 11.8 Å². The third-order valence-electron chi connectivity index (χ3n) is 3.36. The van der Waals surface area contributed by atoms with Crippen LogP contribution < -0.4 is 10.9 Å². The molecule has 23 heavy (non-hydrogen) atoms. The maximum absolute atomic E-state index is 12.7. The third-order valence-corrected chi connectivity index (χ3v) is 4.43. The van der Waals surface area contributed by atoms with Crippen molar-refractivity contribution in [2.24, 2.45) is 0 Å². The number of hydrogen-bond donors (Lipinski definition) is 1. The zero-order chi connectivity index (χ0) is 17.0. The Kier molecular flexibility index (Phi) is 5.60. The maximum atomic E-state index is 12.7. The van der Waals surface area contributed by atoms with Gasteiger partial charge in [-0.3, -0.25) is 14.2 Å². The van der Waals surface area contributed by atoms with E-state index >= 15 is 0 Å². The maximum Gasteiger partial charge on any atom is 0.262 e. The largest absolute Gasteiger partial charge is 0.352 e. The van der Waals surface area contributed by atoms with E-state index in [0.717, 1.165) is 0 Å². The number of hydrogen-bond acceptors (Lipinski definition) is 4. The van der Waals surface area contributed by atoms with E-state index in [-0.39, 0.29) is 22.8 Å². The SMILES string of the molecule is C=CCNC(=O)[C@@H](C)Sc1nc2ccccc2c(=O)n1C(C)C. The van der Waals surface area contributed by atoms with Crippen LogP contribution in [0.25, 0.3) is 10.9 Å². The first-order chi connectivity index (χ1) is 11.0. The van der Waals surface area contributed by atoms with Gasteiger partial charge >= 0.3 is 0 Å². The summed E-state index contributed by atoms with van der Waals surface area (Å²) < 4.78 is 1.64. The molecular weight excluding hydrogens is 310 g/mol. The molecule has 0 aliphatic heterocycles. The molecule has 0 aliphatic carbocycles. The zero-order valence-electron chi connectivity index (χ0n) is 13.6. The van der Waals surface area contributed by atoms with Crippen LogP contribution in [0.3, 0.4) is 0 Å². The van der Waals surface area contributed by atoms with Crippen LogP contribution in [0.4, 0.5) is 0 Å². The molecule has 6 heteroatoms. The van der Waals surface area contributed by atoms with Crippen molar-refractivity contribution < 1.29 is 4.79 Å². The number of aromatic nitrogens is 2. The van der Waals surface area contributed by atoms with E-state index in [1.807, 2.05) is 32.0 Å². The van der Waals surface area contributed by atoms with Gasteiger partial charge in [0.1, 0.15) is 0 Å². The topological polar surface area (TPSA) is 64.0 Å². The van der Waals surface area contributed by atoms with Crippen LogP contribution in [0.2, 0.25) is 0 Å². The summed E-state index contributed by atoms with van der Waals surface area (Å²) in [6, 6.07) is 7.23. The van der Waals surface area contributed by atoms with Crippen LogP contribution in [0.1, 0.15) is 26.8 Å². The summed E-state index contributed by atoms with van der Waals surface area (Å²) in [4.78, 5) is 29.3. The molecule has 0 radical (unpaired) electrons. The Morgan fingerprint density at radius 1 is 1.39 bits per heavy atom. The number of nitrogens with zero attached hydrogens (tertiary/aromatic N) is 2. The van der Waals surface area contributed by atoms with Gasteiger partial charge in [-0.1, -0.05) is 30.0 Å². The van der Waals surface area contributed by atoms with Crippen molar-refractivity contribution in [3.63, 3.8) is 0 Å². The average Bonchev–Trinajstić information content (AvgIpc) is 2.52. The van der Waals surface area contributed by atoms with Gasteiger partial charge in [0.15, 0.2) is 5.16 Å². The van der Waals surface area contributed by atoms with Crippen molar-refractivity contribution in [3.05, 3.63) is 47.3 Å². The van der Waals surface area contributed by atoms with Crippen LogP contribution in [0.5, 0.6) is 0 Å². The highest BCUT2D eigenvalue weighted by atomic mass is 32.2. The molecule has 0 saturated carbocycles. The van der Waals surface area contributed by atoms with Crippen LogP contribution in [-0.2, 0) is 4.79 Å². The Morgan fingerprint density at radius 2 is 2.09 bits per heavy atom. The number of rotatable bonds is 6. The predicted octanol–water partition coefficient (Wildman–Crippen LogP) is 2.76. The van der Waals surface area contributed by atoms with E-state index in [4.69, 9.17) is 0 Å². The molecule has 1 amide bonds. The van der Waals surface area contributed by atoms with Gasteiger partial charge in [0.25, 0.3) is 5.56 Å². The second kappa shape index (κ2) is 7.46. The molecule has 0 aliphatic rings. The average molecular weight is 331 g/mol. The lowest BCUT2D eigenvalue weighted by atomic mass is 10.2. The van der Waals surface area contributed by atoms with Crippen LogP contribution in [-0.4, -0.2) is 27.3 Å². The molecule has 1 N–H and O–H groups in total. The van der Waals surface area contributed by atoms with E-state index in [1.54, 1.807) is 23.6 Å². The molecule has 1 aromatic heterocycles. The molecule has 1 atom stereocenters. The predicted molar refractivity (Wildman–Crippen MR) is 94.9 cm³/mol. The first-order valence-electron chi connectivity index (χ1n) is 7.52. The van der Waals surface area contributed by atoms with Gasteiger partial charge in [-0.05, 0) is 32.9 Å². The van der Waals surface area contributed by atoms with Gasteiger partial charge in [-0.2, -0.15) is 0 Å². The van der Waals surface area contributed by atoms with Gasteiger partial charge in [-0.25, -0.2) is 4.98 Å². The summed E-state index contributed by atoms with van der Waals surface area (Å²) in [5.41, 5.74) is 0.572. The smallest absolute Gasteiger partial charge is 0.262 e.